The lowest BCUT2D eigenvalue weighted by Crippen LogP contribution is -2.33. The van der Waals surface area contributed by atoms with Gasteiger partial charge in [0.1, 0.15) is 6.04 Å². The molecule has 1 N–H and O–H groups in total. The van der Waals surface area contributed by atoms with Crippen molar-refractivity contribution in [1.82, 2.24) is 5.32 Å². The number of rotatable bonds is 3. The molecular formula is C11H10Br2N2O. The van der Waals surface area contributed by atoms with Gasteiger partial charge in [-0.15, -0.1) is 0 Å². The Morgan fingerprint density at radius 2 is 2.00 bits per heavy atom. The average molecular weight is 346 g/mol. The van der Waals surface area contributed by atoms with Crippen molar-refractivity contribution in [3.8, 4) is 6.07 Å². The highest BCUT2D eigenvalue weighted by Gasteiger charge is 2.12. The monoisotopic (exact) mass is 344 g/mol. The van der Waals surface area contributed by atoms with E-state index >= 15 is 0 Å². The number of halogens is 2. The molecule has 0 heterocycles. The Hall–Kier alpha value is -0.860. The molecule has 5 heteroatoms. The molecule has 0 saturated heterocycles. The van der Waals surface area contributed by atoms with E-state index in [0.29, 0.717) is 12.0 Å². The Kier molecular flexibility index (Phi) is 4.97. The molecule has 0 aliphatic rings. The molecule has 16 heavy (non-hydrogen) atoms. The van der Waals surface area contributed by atoms with Crippen LogP contribution in [0.1, 0.15) is 23.7 Å². The van der Waals surface area contributed by atoms with Crippen LogP contribution in [0.25, 0.3) is 0 Å². The van der Waals surface area contributed by atoms with E-state index in [-0.39, 0.29) is 5.91 Å². The molecule has 1 atom stereocenters. The first kappa shape index (κ1) is 13.2. The normalized spacial score (nSPS) is 11.6. The van der Waals surface area contributed by atoms with Crippen LogP contribution in [-0.2, 0) is 0 Å². The minimum atomic E-state index is -0.440. The van der Waals surface area contributed by atoms with Gasteiger partial charge in [0.05, 0.1) is 6.07 Å². The fourth-order valence-electron chi connectivity index (χ4n) is 1.15. The lowest BCUT2D eigenvalue weighted by atomic mass is 10.2. The SMILES string of the molecule is CCC(C#N)NC(=O)c1cc(Br)cc(Br)c1. The van der Waals surface area contributed by atoms with Crippen molar-refractivity contribution in [2.75, 3.05) is 0 Å². The van der Waals surface area contributed by atoms with Crippen LogP contribution < -0.4 is 5.32 Å². The van der Waals surface area contributed by atoms with Crippen molar-refractivity contribution in [3.63, 3.8) is 0 Å². The molecule has 1 aromatic carbocycles. The summed E-state index contributed by atoms with van der Waals surface area (Å²) in [6.45, 7) is 1.85. The van der Waals surface area contributed by atoms with Crippen molar-refractivity contribution in [1.29, 1.82) is 5.26 Å². The minimum Gasteiger partial charge on any atom is -0.336 e. The summed E-state index contributed by atoms with van der Waals surface area (Å²) in [4.78, 5) is 11.8. The van der Waals surface area contributed by atoms with Gasteiger partial charge in [-0.25, -0.2) is 0 Å². The van der Waals surface area contributed by atoms with Crippen LogP contribution in [0.4, 0.5) is 0 Å². The molecule has 0 radical (unpaired) electrons. The summed E-state index contributed by atoms with van der Waals surface area (Å²) in [6, 6.07) is 6.86. The fraction of sp³-hybridized carbons (Fsp3) is 0.273. The third-order valence-electron chi connectivity index (χ3n) is 1.99. The highest BCUT2D eigenvalue weighted by molar-refractivity contribution is 9.11. The Morgan fingerprint density at radius 3 is 2.44 bits per heavy atom. The second kappa shape index (κ2) is 6.02. The molecule has 1 aromatic rings. The quantitative estimate of drug-likeness (QED) is 0.914. The van der Waals surface area contributed by atoms with Crippen molar-refractivity contribution < 1.29 is 4.79 Å². The molecule has 0 spiro atoms. The maximum absolute atomic E-state index is 11.8. The third kappa shape index (κ3) is 3.62. The summed E-state index contributed by atoms with van der Waals surface area (Å²) >= 11 is 6.61. The summed E-state index contributed by atoms with van der Waals surface area (Å²) in [5, 5.41) is 11.4. The van der Waals surface area contributed by atoms with Gasteiger partial charge in [0, 0.05) is 14.5 Å². The van der Waals surface area contributed by atoms with Gasteiger partial charge in [0.25, 0.3) is 5.91 Å². The molecule has 3 nitrogen and oxygen atoms in total. The first-order chi connectivity index (χ1) is 7.56. The second-order valence-electron chi connectivity index (χ2n) is 3.22. The van der Waals surface area contributed by atoms with Crippen LogP contribution in [0.2, 0.25) is 0 Å². The smallest absolute Gasteiger partial charge is 0.252 e. The number of carbonyl (C=O) groups is 1. The predicted molar refractivity (Wildman–Crippen MR) is 69.0 cm³/mol. The van der Waals surface area contributed by atoms with E-state index in [0.717, 1.165) is 8.95 Å². The molecular weight excluding hydrogens is 336 g/mol. The van der Waals surface area contributed by atoms with E-state index < -0.39 is 6.04 Å². The van der Waals surface area contributed by atoms with E-state index in [9.17, 15) is 4.79 Å². The molecule has 0 aromatic heterocycles. The van der Waals surface area contributed by atoms with Crippen LogP contribution in [-0.4, -0.2) is 11.9 Å². The molecule has 1 amide bonds. The molecule has 0 bridgehead atoms. The zero-order valence-corrected chi connectivity index (χ0v) is 11.8. The molecule has 1 rings (SSSR count). The van der Waals surface area contributed by atoms with Crippen LogP contribution in [0.3, 0.4) is 0 Å². The molecule has 0 fully saturated rings. The van der Waals surface area contributed by atoms with Crippen molar-refractivity contribution in [3.05, 3.63) is 32.7 Å². The molecule has 1 unspecified atom stereocenters. The van der Waals surface area contributed by atoms with Crippen molar-refractivity contribution >= 4 is 37.8 Å². The van der Waals surface area contributed by atoms with Crippen LogP contribution in [0.5, 0.6) is 0 Å². The Bertz CT molecular complexity index is 420. The Labute approximate surface area is 111 Å². The summed E-state index contributed by atoms with van der Waals surface area (Å²) < 4.78 is 1.63. The third-order valence-corrected chi connectivity index (χ3v) is 2.91. The van der Waals surface area contributed by atoms with Crippen LogP contribution in [0, 0.1) is 11.3 Å². The fourth-order valence-corrected chi connectivity index (χ4v) is 2.45. The second-order valence-corrected chi connectivity index (χ2v) is 5.05. The standard InChI is InChI=1S/C11H10Br2N2O/c1-2-10(6-14)15-11(16)7-3-8(12)5-9(13)4-7/h3-5,10H,2H2,1H3,(H,15,16). The number of nitrogens with zero attached hydrogens (tertiary/aromatic N) is 1. The van der Waals surface area contributed by atoms with Gasteiger partial charge in [0.15, 0.2) is 0 Å². The predicted octanol–water partition coefficient (Wildman–Crippen LogP) is 3.24. The minimum absolute atomic E-state index is 0.240. The topological polar surface area (TPSA) is 52.9 Å². The first-order valence-electron chi connectivity index (χ1n) is 4.73. The van der Waals surface area contributed by atoms with Gasteiger partial charge in [-0.05, 0) is 24.6 Å². The average Bonchev–Trinajstić information content (AvgIpc) is 2.24. The van der Waals surface area contributed by atoms with Gasteiger partial charge >= 0.3 is 0 Å². The maximum Gasteiger partial charge on any atom is 0.252 e. The zero-order chi connectivity index (χ0) is 12.1. The zero-order valence-electron chi connectivity index (χ0n) is 8.63. The van der Waals surface area contributed by atoms with Crippen molar-refractivity contribution in [2.24, 2.45) is 0 Å². The van der Waals surface area contributed by atoms with Gasteiger partial charge in [0.2, 0.25) is 0 Å². The molecule has 0 saturated carbocycles. The number of hydrogen-bond donors (Lipinski definition) is 1. The van der Waals surface area contributed by atoms with Gasteiger partial charge in [-0.3, -0.25) is 4.79 Å². The van der Waals surface area contributed by atoms with E-state index in [2.05, 4.69) is 37.2 Å². The highest BCUT2D eigenvalue weighted by atomic mass is 79.9. The summed E-state index contributed by atoms with van der Waals surface area (Å²) in [7, 11) is 0. The van der Waals surface area contributed by atoms with Crippen LogP contribution >= 0.6 is 31.9 Å². The van der Waals surface area contributed by atoms with Gasteiger partial charge in [-0.2, -0.15) is 5.26 Å². The first-order valence-corrected chi connectivity index (χ1v) is 6.32. The summed E-state index contributed by atoms with van der Waals surface area (Å²) in [6.07, 6.45) is 0.595. The number of nitrogens with one attached hydrogen (secondary N) is 1. The Morgan fingerprint density at radius 1 is 1.44 bits per heavy atom. The van der Waals surface area contributed by atoms with Crippen LogP contribution in [0.15, 0.2) is 27.1 Å². The number of hydrogen-bond acceptors (Lipinski definition) is 2. The molecule has 0 aliphatic carbocycles. The van der Waals surface area contributed by atoms with E-state index in [1.807, 2.05) is 19.1 Å². The lowest BCUT2D eigenvalue weighted by molar-refractivity contribution is 0.0944. The largest absolute Gasteiger partial charge is 0.336 e. The van der Waals surface area contributed by atoms with E-state index in [1.54, 1.807) is 12.1 Å². The van der Waals surface area contributed by atoms with Gasteiger partial charge < -0.3 is 5.32 Å². The number of amides is 1. The maximum atomic E-state index is 11.8. The summed E-state index contributed by atoms with van der Waals surface area (Å²) in [5.41, 5.74) is 0.523. The molecule has 84 valence electrons. The van der Waals surface area contributed by atoms with Gasteiger partial charge in [-0.1, -0.05) is 38.8 Å². The molecule has 0 aliphatic heterocycles. The summed E-state index contributed by atoms with van der Waals surface area (Å²) in [5.74, 6) is -0.240. The van der Waals surface area contributed by atoms with E-state index in [1.165, 1.54) is 0 Å². The Balaban J connectivity index is 2.85. The van der Waals surface area contributed by atoms with Crippen molar-refractivity contribution in [2.45, 2.75) is 19.4 Å². The number of benzene rings is 1. The van der Waals surface area contributed by atoms with E-state index in [4.69, 9.17) is 5.26 Å². The number of carbonyl (C=O) groups excluding carboxylic acids is 1. The highest BCUT2D eigenvalue weighted by Crippen LogP contribution is 2.20. The lowest BCUT2D eigenvalue weighted by Gasteiger charge is -2.09. The number of nitriles is 1.